The first kappa shape index (κ1) is 35.8. The quantitative estimate of drug-likeness (QED) is 0.150. The lowest BCUT2D eigenvalue weighted by atomic mass is 9.70. The molecular formula is C37H48O7S2. The number of carbonyl (C=O) groups excluding carboxylic acids is 1. The van der Waals surface area contributed by atoms with Crippen molar-refractivity contribution in [3.8, 4) is 17.2 Å². The fraction of sp³-hybridized carbons (Fsp3) is 0.486. The Balaban J connectivity index is 0.000000266. The molecule has 0 N–H and O–H groups in total. The van der Waals surface area contributed by atoms with E-state index in [1.54, 1.807) is 0 Å². The van der Waals surface area contributed by atoms with Gasteiger partial charge in [-0.15, -0.1) is 0 Å². The van der Waals surface area contributed by atoms with Gasteiger partial charge in [0.05, 0.1) is 34.2 Å². The second kappa shape index (κ2) is 14.4. The molecule has 5 rings (SSSR count). The molecular weight excluding hydrogens is 621 g/mol. The molecule has 0 heterocycles. The largest absolute Gasteiger partial charge is 0.748 e. The number of carbonyl (C=O) groups is 1. The highest BCUT2D eigenvalue weighted by molar-refractivity contribution is 7.97. The first-order chi connectivity index (χ1) is 21.5. The highest BCUT2D eigenvalue weighted by Gasteiger charge is 2.64. The summed E-state index contributed by atoms with van der Waals surface area (Å²) in [5.74, 6) is 2.09. The molecule has 2 unspecified atom stereocenters. The van der Waals surface area contributed by atoms with Crippen LogP contribution in [0.5, 0.6) is 17.2 Å². The van der Waals surface area contributed by atoms with Crippen molar-refractivity contribution in [2.24, 2.45) is 16.7 Å². The fourth-order valence-corrected chi connectivity index (χ4v) is 10.2. The van der Waals surface area contributed by atoms with E-state index in [-0.39, 0.29) is 35.4 Å². The van der Waals surface area contributed by atoms with Gasteiger partial charge in [-0.3, -0.25) is 4.79 Å². The molecule has 2 fully saturated rings. The van der Waals surface area contributed by atoms with Gasteiger partial charge >= 0.3 is 0 Å². The SMILES string of the molecule is CC(C)Oc1cc(OC(C)C)c([S+](c2ccccc2)c2ccccc2)c(OC(C)C)c1.CC1(C)C2CCC1(CS(=O)(=O)[O-])C(=O)C2. The topological polar surface area (TPSA) is 102 Å². The van der Waals surface area contributed by atoms with E-state index in [9.17, 15) is 17.8 Å². The summed E-state index contributed by atoms with van der Waals surface area (Å²) in [5.41, 5.74) is -1.22. The number of rotatable bonds is 11. The Morgan fingerprint density at radius 2 is 1.26 bits per heavy atom. The average molecular weight is 669 g/mol. The first-order valence-electron chi connectivity index (χ1n) is 16.0. The maximum atomic E-state index is 11.8. The maximum Gasteiger partial charge on any atom is 0.250 e. The van der Waals surface area contributed by atoms with E-state index in [1.165, 1.54) is 9.79 Å². The number of fused-ring (bicyclic) bond motifs is 2. The lowest BCUT2D eigenvalue weighted by Crippen LogP contribution is -2.42. The van der Waals surface area contributed by atoms with E-state index < -0.39 is 32.2 Å². The van der Waals surface area contributed by atoms with Gasteiger partial charge in [0.2, 0.25) is 4.90 Å². The normalized spacial score (nSPS) is 20.3. The third-order valence-electron chi connectivity index (χ3n) is 8.82. The second-order valence-corrected chi connectivity index (χ2v) is 16.9. The predicted octanol–water partition coefficient (Wildman–Crippen LogP) is 8.07. The Morgan fingerprint density at radius 3 is 1.61 bits per heavy atom. The van der Waals surface area contributed by atoms with Crippen molar-refractivity contribution >= 4 is 26.8 Å². The van der Waals surface area contributed by atoms with E-state index in [0.29, 0.717) is 12.8 Å². The van der Waals surface area contributed by atoms with Crippen molar-refractivity contribution < 1.29 is 32.0 Å². The highest BCUT2D eigenvalue weighted by Crippen LogP contribution is 2.64. The van der Waals surface area contributed by atoms with Gasteiger partial charge in [-0.2, -0.15) is 0 Å². The summed E-state index contributed by atoms with van der Waals surface area (Å²) >= 11 is 0. The molecule has 2 atom stereocenters. The van der Waals surface area contributed by atoms with Gasteiger partial charge in [0, 0.05) is 24.0 Å². The van der Waals surface area contributed by atoms with Crippen molar-refractivity contribution in [1.82, 2.24) is 0 Å². The van der Waals surface area contributed by atoms with Crippen LogP contribution in [0.1, 0.15) is 74.7 Å². The molecule has 7 nitrogen and oxygen atoms in total. The molecule has 0 saturated heterocycles. The average Bonchev–Trinajstić information content (AvgIpc) is 3.29. The molecule has 0 aliphatic heterocycles. The van der Waals surface area contributed by atoms with Crippen molar-refractivity contribution in [2.75, 3.05) is 5.75 Å². The van der Waals surface area contributed by atoms with E-state index in [0.717, 1.165) is 28.6 Å². The van der Waals surface area contributed by atoms with Crippen LogP contribution in [-0.4, -0.2) is 42.8 Å². The number of Topliss-reactive ketones (excluding diaryl/α,β-unsaturated/α-hetero) is 1. The molecule has 2 bridgehead atoms. The number of hydrogen-bond acceptors (Lipinski definition) is 7. The summed E-state index contributed by atoms with van der Waals surface area (Å²) in [5, 5.41) is 0. The molecule has 9 heteroatoms. The van der Waals surface area contributed by atoms with Crippen molar-refractivity contribution in [2.45, 2.75) is 108 Å². The zero-order chi connectivity index (χ0) is 33.9. The van der Waals surface area contributed by atoms with Crippen molar-refractivity contribution in [3.05, 3.63) is 72.8 Å². The summed E-state index contributed by atoms with van der Waals surface area (Å²) in [6.45, 7) is 16.1. The van der Waals surface area contributed by atoms with E-state index in [2.05, 4.69) is 48.5 Å². The Kier molecular flexibility index (Phi) is 11.2. The summed E-state index contributed by atoms with van der Waals surface area (Å²) in [6, 6.07) is 25.1. The molecule has 46 heavy (non-hydrogen) atoms. The molecule has 0 spiro atoms. The lowest BCUT2D eigenvalue weighted by molar-refractivity contribution is -0.128. The zero-order valence-electron chi connectivity index (χ0n) is 28.2. The third-order valence-corrected chi connectivity index (χ3v) is 12.0. The van der Waals surface area contributed by atoms with Crippen molar-refractivity contribution in [1.29, 1.82) is 0 Å². The van der Waals surface area contributed by atoms with Crippen LogP contribution in [0.4, 0.5) is 0 Å². The number of ether oxygens (including phenoxy) is 3. The molecule has 2 aliphatic rings. The minimum atomic E-state index is -4.33. The van der Waals surface area contributed by atoms with Gasteiger partial charge in [-0.1, -0.05) is 50.2 Å². The summed E-state index contributed by atoms with van der Waals surface area (Å²) in [6.07, 6.45) is 1.99. The molecule has 2 saturated carbocycles. The lowest BCUT2D eigenvalue weighted by Gasteiger charge is -2.37. The zero-order valence-corrected chi connectivity index (χ0v) is 29.9. The van der Waals surface area contributed by atoms with Crippen LogP contribution in [0.25, 0.3) is 0 Å². The van der Waals surface area contributed by atoms with E-state index >= 15 is 0 Å². The van der Waals surface area contributed by atoms with Crippen LogP contribution in [0.2, 0.25) is 0 Å². The summed E-state index contributed by atoms with van der Waals surface area (Å²) < 4.78 is 51.5. The van der Waals surface area contributed by atoms with Gasteiger partial charge in [-0.05, 0) is 90.0 Å². The Bertz CT molecular complexity index is 1510. The van der Waals surface area contributed by atoms with Gasteiger partial charge in [0.1, 0.15) is 22.4 Å². The maximum absolute atomic E-state index is 11.8. The second-order valence-electron chi connectivity index (χ2n) is 13.5. The molecule has 0 amide bonds. The standard InChI is InChI=1S/C27H33O3S.C10H16O4S/c1-19(2)28-22-17-25(29-20(3)4)27(26(18-22)30-21(5)6)31(23-13-9-7-10-14-23)24-15-11-8-12-16-24;1-9(2)7-3-4-10(9,8(11)5-7)6-15(12,13)14/h7-21H,1-6H3;7H,3-6H2,1-2H3,(H,12,13,14)/q+1;/p-1. The molecule has 250 valence electrons. The van der Waals surface area contributed by atoms with Gasteiger partial charge < -0.3 is 18.8 Å². The van der Waals surface area contributed by atoms with Crippen LogP contribution in [0, 0.1) is 16.7 Å². The third kappa shape index (κ3) is 8.09. The highest BCUT2D eigenvalue weighted by atomic mass is 32.2. The number of benzene rings is 3. The van der Waals surface area contributed by atoms with Crippen LogP contribution < -0.4 is 14.2 Å². The smallest absolute Gasteiger partial charge is 0.250 e. The molecule has 2 aliphatic carbocycles. The first-order valence-corrected chi connectivity index (χ1v) is 18.8. The number of hydrogen-bond donors (Lipinski definition) is 0. The van der Waals surface area contributed by atoms with E-state index in [4.69, 9.17) is 14.2 Å². The van der Waals surface area contributed by atoms with Gasteiger partial charge in [-0.25, -0.2) is 8.42 Å². The minimum absolute atomic E-state index is 0.0248. The Labute approximate surface area is 278 Å². The molecule has 3 aromatic rings. The summed E-state index contributed by atoms with van der Waals surface area (Å²) in [7, 11) is -4.72. The molecule has 3 aromatic carbocycles. The van der Waals surface area contributed by atoms with Crippen LogP contribution in [0.15, 0.2) is 87.5 Å². The Morgan fingerprint density at radius 1 is 0.804 bits per heavy atom. The van der Waals surface area contributed by atoms with Crippen LogP contribution in [-0.2, 0) is 25.8 Å². The van der Waals surface area contributed by atoms with Crippen LogP contribution in [0.3, 0.4) is 0 Å². The predicted molar refractivity (Wildman–Crippen MR) is 182 cm³/mol. The summed E-state index contributed by atoms with van der Waals surface area (Å²) in [4.78, 5) is 15.3. The van der Waals surface area contributed by atoms with E-state index in [1.807, 2.05) is 79.7 Å². The number of ketones is 1. The molecule has 0 radical (unpaired) electrons. The Hall–Kier alpha value is -3.01. The monoisotopic (exact) mass is 668 g/mol. The van der Waals surface area contributed by atoms with Gasteiger partial charge in [0.15, 0.2) is 21.3 Å². The minimum Gasteiger partial charge on any atom is -0.748 e. The van der Waals surface area contributed by atoms with Crippen molar-refractivity contribution in [3.63, 3.8) is 0 Å². The van der Waals surface area contributed by atoms with Gasteiger partial charge in [0.25, 0.3) is 0 Å². The molecule has 0 aromatic heterocycles. The van der Waals surface area contributed by atoms with Crippen LogP contribution >= 0.6 is 0 Å². The fourth-order valence-electron chi connectivity index (χ4n) is 6.67.